The summed E-state index contributed by atoms with van der Waals surface area (Å²) in [5, 5.41) is 4.44. The van der Waals surface area contributed by atoms with Crippen molar-refractivity contribution in [3.63, 3.8) is 0 Å². The zero-order valence-electron chi connectivity index (χ0n) is 12.7. The molecule has 0 saturated heterocycles. The second kappa shape index (κ2) is 6.47. The molecule has 1 heterocycles. The molecule has 1 aromatic heterocycles. The number of nitrogens with zero attached hydrogens (tertiary/aromatic N) is 1. The highest BCUT2D eigenvalue weighted by atomic mass is 35.5. The largest absolute Gasteiger partial charge is 0.352 e. The second-order valence-electron chi connectivity index (χ2n) is 5.35. The molecule has 0 saturated carbocycles. The Morgan fingerprint density at radius 1 is 1.20 bits per heavy atom. The minimum Gasteiger partial charge on any atom is -0.352 e. The van der Waals surface area contributed by atoms with Gasteiger partial charge in [-0.1, -0.05) is 30.7 Å². The normalized spacial score (nSPS) is 12.7. The van der Waals surface area contributed by atoms with E-state index in [-0.39, 0.29) is 0 Å². The molecular weight excluding hydrogens is 268 g/mol. The van der Waals surface area contributed by atoms with Gasteiger partial charge in [0.1, 0.15) is 0 Å². The molecule has 0 amide bonds. The molecule has 0 aliphatic carbocycles. The van der Waals surface area contributed by atoms with E-state index in [1.807, 2.05) is 12.1 Å². The molecule has 0 aliphatic rings. The quantitative estimate of drug-likeness (QED) is 0.856. The van der Waals surface area contributed by atoms with Crippen molar-refractivity contribution in [2.75, 3.05) is 0 Å². The molecule has 1 atom stereocenters. The van der Waals surface area contributed by atoms with Gasteiger partial charge in [0.25, 0.3) is 0 Å². The van der Waals surface area contributed by atoms with Crippen molar-refractivity contribution >= 4 is 11.6 Å². The van der Waals surface area contributed by atoms with Gasteiger partial charge >= 0.3 is 0 Å². The Labute approximate surface area is 126 Å². The van der Waals surface area contributed by atoms with Crippen molar-refractivity contribution in [1.29, 1.82) is 0 Å². The van der Waals surface area contributed by atoms with Crippen molar-refractivity contribution in [3.8, 4) is 0 Å². The molecule has 0 bridgehead atoms. The van der Waals surface area contributed by atoms with E-state index in [4.69, 9.17) is 11.6 Å². The lowest BCUT2D eigenvalue weighted by atomic mass is 10.0. The smallest absolute Gasteiger partial charge is 0.0406 e. The minimum atomic E-state index is 0.368. The van der Waals surface area contributed by atoms with Crippen LogP contribution in [0.3, 0.4) is 0 Å². The number of hydrogen-bond donors (Lipinski definition) is 1. The van der Waals surface area contributed by atoms with E-state index >= 15 is 0 Å². The van der Waals surface area contributed by atoms with Gasteiger partial charge in [-0.05, 0) is 49.6 Å². The van der Waals surface area contributed by atoms with Crippen molar-refractivity contribution in [1.82, 2.24) is 9.88 Å². The lowest BCUT2D eigenvalue weighted by Crippen LogP contribution is -2.20. The van der Waals surface area contributed by atoms with E-state index in [9.17, 15) is 0 Å². The number of benzene rings is 1. The molecule has 1 aromatic carbocycles. The van der Waals surface area contributed by atoms with Gasteiger partial charge in [0.15, 0.2) is 0 Å². The number of hydrogen-bond acceptors (Lipinski definition) is 1. The number of aryl methyl sites for hydroxylation is 1. The minimum absolute atomic E-state index is 0.368. The van der Waals surface area contributed by atoms with Crippen molar-refractivity contribution in [2.45, 2.75) is 39.8 Å². The maximum Gasteiger partial charge on any atom is 0.0406 e. The first-order chi connectivity index (χ1) is 9.52. The third-order valence-electron chi connectivity index (χ3n) is 4.10. The van der Waals surface area contributed by atoms with Gasteiger partial charge in [0.05, 0.1) is 0 Å². The summed E-state index contributed by atoms with van der Waals surface area (Å²) < 4.78 is 2.24. The van der Waals surface area contributed by atoms with Crippen LogP contribution in [0.1, 0.15) is 41.9 Å². The van der Waals surface area contributed by atoms with Gasteiger partial charge in [-0.2, -0.15) is 0 Å². The van der Waals surface area contributed by atoms with Gasteiger partial charge in [0, 0.05) is 36.0 Å². The van der Waals surface area contributed by atoms with Crippen LogP contribution in [0, 0.1) is 13.8 Å². The van der Waals surface area contributed by atoms with Gasteiger partial charge in [-0.15, -0.1) is 0 Å². The molecule has 108 valence electrons. The molecule has 0 fully saturated rings. The topological polar surface area (TPSA) is 17.0 Å². The maximum atomic E-state index is 5.95. The molecular formula is C17H23ClN2. The number of rotatable bonds is 5. The van der Waals surface area contributed by atoms with E-state index in [0.717, 1.165) is 18.0 Å². The van der Waals surface area contributed by atoms with Crippen molar-refractivity contribution in [3.05, 3.63) is 57.9 Å². The summed E-state index contributed by atoms with van der Waals surface area (Å²) in [6, 6.07) is 10.8. The summed E-state index contributed by atoms with van der Waals surface area (Å²) in [6.45, 7) is 7.42. The predicted molar refractivity (Wildman–Crippen MR) is 86.2 cm³/mol. The average Bonchev–Trinajstić information content (AvgIpc) is 2.69. The zero-order chi connectivity index (χ0) is 14.7. The lowest BCUT2D eigenvalue weighted by Gasteiger charge is -2.17. The molecule has 2 rings (SSSR count). The number of halogens is 1. The Morgan fingerprint density at radius 3 is 2.35 bits per heavy atom. The SMILES string of the molecule is CCC(NCc1cc(C)n(C)c1C)c1ccc(Cl)cc1. The molecule has 1 N–H and O–H groups in total. The fourth-order valence-corrected chi connectivity index (χ4v) is 2.66. The fourth-order valence-electron chi connectivity index (χ4n) is 2.54. The van der Waals surface area contributed by atoms with Crippen LogP contribution in [-0.2, 0) is 13.6 Å². The summed E-state index contributed by atoms with van der Waals surface area (Å²) in [5.74, 6) is 0. The molecule has 3 heteroatoms. The molecule has 0 spiro atoms. The summed E-state index contributed by atoms with van der Waals surface area (Å²) in [6.07, 6.45) is 1.06. The van der Waals surface area contributed by atoms with Gasteiger partial charge in [-0.3, -0.25) is 0 Å². The predicted octanol–water partition coefficient (Wildman–Crippen LogP) is 4.54. The van der Waals surface area contributed by atoms with Gasteiger partial charge < -0.3 is 9.88 Å². The molecule has 20 heavy (non-hydrogen) atoms. The van der Waals surface area contributed by atoms with Crippen LogP contribution in [0.15, 0.2) is 30.3 Å². The first kappa shape index (κ1) is 15.1. The Hall–Kier alpha value is -1.25. The summed E-state index contributed by atoms with van der Waals surface area (Å²) >= 11 is 5.95. The molecule has 0 aliphatic heterocycles. The van der Waals surface area contributed by atoms with Crippen molar-refractivity contribution in [2.24, 2.45) is 7.05 Å². The van der Waals surface area contributed by atoms with Crippen LogP contribution in [0.5, 0.6) is 0 Å². The van der Waals surface area contributed by atoms with Gasteiger partial charge in [-0.25, -0.2) is 0 Å². The van der Waals surface area contributed by atoms with E-state index in [0.29, 0.717) is 6.04 Å². The summed E-state index contributed by atoms with van der Waals surface area (Å²) in [4.78, 5) is 0. The Balaban J connectivity index is 2.07. The summed E-state index contributed by atoms with van der Waals surface area (Å²) in [5.41, 5.74) is 5.31. The van der Waals surface area contributed by atoms with Crippen LogP contribution in [0.2, 0.25) is 5.02 Å². The average molecular weight is 291 g/mol. The highest BCUT2D eigenvalue weighted by Crippen LogP contribution is 2.21. The first-order valence-corrected chi connectivity index (χ1v) is 7.51. The maximum absolute atomic E-state index is 5.95. The molecule has 2 nitrogen and oxygen atoms in total. The highest BCUT2D eigenvalue weighted by Gasteiger charge is 2.11. The van der Waals surface area contributed by atoms with Crippen LogP contribution in [-0.4, -0.2) is 4.57 Å². The first-order valence-electron chi connectivity index (χ1n) is 7.13. The van der Waals surface area contributed by atoms with Crippen molar-refractivity contribution < 1.29 is 0 Å². The van der Waals surface area contributed by atoms with E-state index in [1.165, 1.54) is 22.5 Å². The summed E-state index contributed by atoms with van der Waals surface area (Å²) in [7, 11) is 2.12. The molecule has 2 aromatic rings. The highest BCUT2D eigenvalue weighted by molar-refractivity contribution is 6.30. The monoisotopic (exact) mass is 290 g/mol. The fraction of sp³-hybridized carbons (Fsp3) is 0.412. The van der Waals surface area contributed by atoms with Crippen LogP contribution >= 0.6 is 11.6 Å². The second-order valence-corrected chi connectivity index (χ2v) is 5.79. The Morgan fingerprint density at radius 2 is 1.85 bits per heavy atom. The van der Waals surface area contributed by atoms with Gasteiger partial charge in [0.2, 0.25) is 0 Å². The Kier molecular flexibility index (Phi) is 4.90. The number of aromatic nitrogens is 1. The Bertz CT molecular complexity index is 569. The molecule has 0 radical (unpaired) electrons. The number of nitrogens with one attached hydrogen (secondary N) is 1. The third-order valence-corrected chi connectivity index (χ3v) is 4.35. The van der Waals surface area contributed by atoms with E-state index in [1.54, 1.807) is 0 Å². The van der Waals surface area contributed by atoms with E-state index < -0.39 is 0 Å². The van der Waals surface area contributed by atoms with Crippen LogP contribution < -0.4 is 5.32 Å². The zero-order valence-corrected chi connectivity index (χ0v) is 13.5. The van der Waals surface area contributed by atoms with E-state index in [2.05, 4.69) is 55.9 Å². The standard InChI is InChI=1S/C17H23ClN2/c1-5-17(14-6-8-16(18)9-7-14)19-11-15-10-12(2)20(4)13(15)3/h6-10,17,19H,5,11H2,1-4H3. The molecule has 1 unspecified atom stereocenters. The lowest BCUT2D eigenvalue weighted by molar-refractivity contribution is 0.518. The van der Waals surface area contributed by atoms with Crippen LogP contribution in [0.25, 0.3) is 0 Å². The third kappa shape index (κ3) is 3.25. The van der Waals surface area contributed by atoms with Crippen LogP contribution in [0.4, 0.5) is 0 Å².